The minimum absolute atomic E-state index is 0.0137. The van der Waals surface area contributed by atoms with Gasteiger partial charge >= 0.3 is 5.97 Å². The third-order valence-corrected chi connectivity index (χ3v) is 12.8. The van der Waals surface area contributed by atoms with E-state index in [4.69, 9.17) is 4.42 Å². The van der Waals surface area contributed by atoms with Crippen LogP contribution in [0.2, 0.25) is 0 Å². The highest BCUT2D eigenvalue weighted by Gasteiger charge is 2.43. The van der Waals surface area contributed by atoms with Crippen LogP contribution in [0.15, 0.2) is 98.0 Å². The number of aromatic carboxylic acids is 1. The molecule has 2 saturated heterocycles. The molecule has 9 nitrogen and oxygen atoms in total. The van der Waals surface area contributed by atoms with E-state index in [0.29, 0.717) is 46.6 Å². The number of hydrogen-bond donors (Lipinski definition) is 1. The van der Waals surface area contributed by atoms with Gasteiger partial charge in [0.2, 0.25) is 5.76 Å². The quantitative estimate of drug-likeness (QED) is 0.171. The van der Waals surface area contributed by atoms with Gasteiger partial charge in [-0.3, -0.25) is 9.10 Å². The Hall–Kier alpha value is -4.13. The Kier molecular flexibility index (Phi) is 8.35. The van der Waals surface area contributed by atoms with Crippen LogP contribution in [0.1, 0.15) is 44.2 Å². The van der Waals surface area contributed by atoms with Gasteiger partial charge in [-0.15, -0.1) is 11.3 Å². The number of furan rings is 1. The van der Waals surface area contributed by atoms with E-state index in [1.54, 1.807) is 6.92 Å². The van der Waals surface area contributed by atoms with E-state index in [1.165, 1.54) is 33.8 Å². The van der Waals surface area contributed by atoms with Crippen LogP contribution < -0.4 is 9.21 Å². The fraction of sp³-hybridized carbons (Fsp3) is 0.257. The Bertz CT molecular complexity index is 2080. The van der Waals surface area contributed by atoms with Crippen molar-refractivity contribution < 1.29 is 27.5 Å². The second-order valence-electron chi connectivity index (χ2n) is 11.9. The van der Waals surface area contributed by atoms with Gasteiger partial charge < -0.3 is 19.3 Å². The lowest BCUT2D eigenvalue weighted by molar-refractivity contribution is 0.0662. The maximum atomic E-state index is 14.7. The molecule has 2 aliphatic rings. The van der Waals surface area contributed by atoms with Crippen LogP contribution >= 0.6 is 27.3 Å². The monoisotopic (exact) mass is 733 g/mol. The van der Waals surface area contributed by atoms with Crippen LogP contribution in [0.4, 0.5) is 11.4 Å². The molecule has 2 unspecified atom stereocenters. The van der Waals surface area contributed by atoms with Crippen molar-refractivity contribution in [3.63, 3.8) is 0 Å². The van der Waals surface area contributed by atoms with Crippen molar-refractivity contribution in [3.8, 4) is 0 Å². The lowest BCUT2D eigenvalue weighted by Gasteiger charge is -2.44. The first kappa shape index (κ1) is 31.5. The summed E-state index contributed by atoms with van der Waals surface area (Å²) in [5.41, 5.74) is 3.07. The molecule has 3 aromatic carbocycles. The van der Waals surface area contributed by atoms with E-state index in [9.17, 15) is 23.1 Å². The largest absolute Gasteiger partial charge is 0.475 e. The number of piperazine rings is 1. The number of carboxylic acid groups (broad SMARTS) is 1. The summed E-state index contributed by atoms with van der Waals surface area (Å²) in [5.74, 6) is -1.40. The average Bonchev–Trinajstić information content (AvgIpc) is 3.73. The molecular formula is C35H32BrN3O6S2. The second kappa shape index (κ2) is 12.5. The molecule has 2 aliphatic heterocycles. The zero-order chi connectivity index (χ0) is 32.9. The Morgan fingerprint density at radius 1 is 1.00 bits per heavy atom. The zero-order valence-corrected chi connectivity index (χ0v) is 28.7. The van der Waals surface area contributed by atoms with Crippen LogP contribution in [0.5, 0.6) is 0 Å². The van der Waals surface area contributed by atoms with Crippen molar-refractivity contribution in [2.75, 3.05) is 28.8 Å². The average molecular weight is 735 g/mol. The smallest absolute Gasteiger partial charge is 0.372 e. The number of likely N-dealkylation sites (tertiary alicyclic amines) is 1. The number of carboxylic acids is 1. The molecule has 2 aromatic heterocycles. The van der Waals surface area contributed by atoms with Crippen LogP contribution in [-0.4, -0.2) is 62.0 Å². The lowest BCUT2D eigenvalue weighted by atomic mass is 10.1. The van der Waals surface area contributed by atoms with E-state index in [0.717, 1.165) is 28.6 Å². The van der Waals surface area contributed by atoms with Gasteiger partial charge in [-0.1, -0.05) is 42.5 Å². The molecule has 0 spiro atoms. The number of nitrogens with zero attached hydrogens (tertiary/aromatic N) is 3. The molecule has 2 atom stereocenters. The van der Waals surface area contributed by atoms with Crippen molar-refractivity contribution in [2.24, 2.45) is 0 Å². The number of amides is 1. The van der Waals surface area contributed by atoms with Crippen LogP contribution in [0, 0.1) is 6.92 Å². The predicted molar refractivity (Wildman–Crippen MR) is 186 cm³/mol. The molecule has 1 amide bonds. The van der Waals surface area contributed by atoms with Gasteiger partial charge in [0, 0.05) is 47.1 Å². The van der Waals surface area contributed by atoms with E-state index in [-0.39, 0.29) is 35.2 Å². The van der Waals surface area contributed by atoms with Crippen molar-refractivity contribution >= 4 is 71.5 Å². The first-order chi connectivity index (χ1) is 22.6. The van der Waals surface area contributed by atoms with Crippen molar-refractivity contribution in [3.05, 3.63) is 110 Å². The van der Waals surface area contributed by atoms with E-state index >= 15 is 0 Å². The predicted octanol–water partition coefficient (Wildman–Crippen LogP) is 7.19. The molecule has 0 radical (unpaired) electrons. The minimum atomic E-state index is -4.13. The number of benzene rings is 3. The molecule has 2 fully saturated rings. The molecule has 2 bridgehead atoms. The van der Waals surface area contributed by atoms with Crippen molar-refractivity contribution in [2.45, 2.75) is 43.2 Å². The van der Waals surface area contributed by atoms with Crippen molar-refractivity contribution in [1.82, 2.24) is 4.90 Å². The molecule has 12 heteroatoms. The van der Waals surface area contributed by atoms with Gasteiger partial charge in [0.25, 0.3) is 15.9 Å². The van der Waals surface area contributed by atoms with Crippen LogP contribution in [0.25, 0.3) is 11.0 Å². The Morgan fingerprint density at radius 2 is 1.70 bits per heavy atom. The Balaban J connectivity index is 1.27. The summed E-state index contributed by atoms with van der Waals surface area (Å²) in [4.78, 5) is 30.1. The van der Waals surface area contributed by atoms with Gasteiger partial charge in [0.15, 0.2) is 0 Å². The van der Waals surface area contributed by atoms with Gasteiger partial charge in [0.1, 0.15) is 10.5 Å². The summed E-state index contributed by atoms with van der Waals surface area (Å²) in [6, 6.07) is 23.8. The second-order valence-corrected chi connectivity index (χ2v) is 15.6. The molecule has 0 saturated carbocycles. The zero-order valence-electron chi connectivity index (χ0n) is 25.5. The maximum Gasteiger partial charge on any atom is 0.372 e. The van der Waals surface area contributed by atoms with E-state index in [1.807, 2.05) is 70.9 Å². The Labute approximate surface area is 285 Å². The standard InChI is InChI=1S/C35H32BrN3O6S2/c1-22-27-19-26(13-14-31(27)45-32(22)35(41)42)47(43,44)38(17-15-23-7-3-2-4-8-23)29-9-5-6-10-30(29)39-24-11-12-25(39)21-37(20-24)34(40)33-28(36)16-18-46-33/h2-10,13-14,16,18-19,24-25H,11-12,15,17,20-21H2,1H3,(H,41,42). The number of fused-ring (bicyclic) bond motifs is 3. The number of carbonyl (C=O) groups excluding carboxylic acids is 1. The fourth-order valence-corrected chi connectivity index (χ4v) is 9.90. The molecule has 47 heavy (non-hydrogen) atoms. The number of hydrogen-bond acceptors (Lipinski definition) is 7. The topological polar surface area (TPSA) is 111 Å². The third kappa shape index (κ3) is 5.72. The number of aryl methyl sites for hydroxylation is 1. The van der Waals surface area contributed by atoms with Gasteiger partial charge in [-0.05, 0) is 89.5 Å². The summed E-state index contributed by atoms with van der Waals surface area (Å²) >= 11 is 4.93. The first-order valence-corrected chi connectivity index (χ1v) is 18.5. The number of sulfonamides is 1. The van der Waals surface area contributed by atoms with Gasteiger partial charge in [0.05, 0.1) is 16.3 Å². The maximum absolute atomic E-state index is 14.7. The van der Waals surface area contributed by atoms with E-state index in [2.05, 4.69) is 20.8 Å². The molecule has 5 aromatic rings. The summed E-state index contributed by atoms with van der Waals surface area (Å²) < 4.78 is 37.1. The summed E-state index contributed by atoms with van der Waals surface area (Å²) in [6.45, 7) is 2.90. The molecule has 0 aliphatic carbocycles. The molecular weight excluding hydrogens is 702 g/mol. The molecule has 4 heterocycles. The number of carbonyl (C=O) groups is 2. The minimum Gasteiger partial charge on any atom is -0.475 e. The number of rotatable bonds is 9. The number of anilines is 2. The highest BCUT2D eigenvalue weighted by atomic mass is 79.9. The van der Waals surface area contributed by atoms with Crippen LogP contribution in [0.3, 0.4) is 0 Å². The third-order valence-electron chi connectivity index (χ3n) is 9.15. The fourth-order valence-electron chi connectivity index (χ4n) is 6.88. The van der Waals surface area contributed by atoms with Gasteiger partial charge in [-0.2, -0.15) is 0 Å². The highest BCUT2D eigenvalue weighted by molar-refractivity contribution is 9.10. The summed E-state index contributed by atoms with van der Waals surface area (Å²) in [5, 5.41) is 11.9. The summed E-state index contributed by atoms with van der Waals surface area (Å²) in [6.07, 6.45) is 2.27. The molecule has 242 valence electrons. The Morgan fingerprint density at radius 3 is 2.38 bits per heavy atom. The SMILES string of the molecule is Cc1c(C(=O)O)oc2ccc(S(=O)(=O)N(CCc3ccccc3)c3ccccc3N3C4CCC3CN(C(=O)c3sccc3Br)C4)cc12. The lowest BCUT2D eigenvalue weighted by Crippen LogP contribution is -2.55. The number of para-hydroxylation sites is 2. The number of thiophene rings is 1. The molecule has 7 rings (SSSR count). The molecule has 1 N–H and O–H groups in total. The van der Waals surface area contributed by atoms with Gasteiger partial charge in [-0.25, -0.2) is 13.2 Å². The van der Waals surface area contributed by atoms with Crippen LogP contribution in [-0.2, 0) is 16.4 Å². The highest BCUT2D eigenvalue weighted by Crippen LogP contribution is 2.42. The van der Waals surface area contributed by atoms with Crippen molar-refractivity contribution in [1.29, 1.82) is 0 Å². The first-order valence-electron chi connectivity index (χ1n) is 15.4. The number of halogens is 1. The van der Waals surface area contributed by atoms with E-state index < -0.39 is 16.0 Å². The normalized spacial score (nSPS) is 17.7. The summed E-state index contributed by atoms with van der Waals surface area (Å²) in [7, 11) is -4.13.